The van der Waals surface area contributed by atoms with Crippen molar-refractivity contribution < 1.29 is 38.9 Å². The van der Waals surface area contributed by atoms with Gasteiger partial charge in [0.05, 0.1) is 18.2 Å². The second-order valence-corrected chi connectivity index (χ2v) is 13.5. The highest BCUT2D eigenvalue weighted by molar-refractivity contribution is 5.90. The monoisotopic (exact) mass is 710 g/mol. The number of ether oxygens (including phenoxy) is 1. The summed E-state index contributed by atoms with van der Waals surface area (Å²) in [4.78, 5) is 63.1. The smallest absolute Gasteiger partial charge is 0.325 e. The fraction of sp³-hybridized carbons (Fsp3) is 0.564. The van der Waals surface area contributed by atoms with Crippen molar-refractivity contribution in [2.75, 3.05) is 13.6 Å². The predicted molar refractivity (Wildman–Crippen MR) is 196 cm³/mol. The first-order chi connectivity index (χ1) is 24.4. The molecular formula is C39H58N4O8. The maximum absolute atomic E-state index is 13.9. The molecule has 5 unspecified atom stereocenters. The fourth-order valence-electron chi connectivity index (χ4n) is 6.02. The van der Waals surface area contributed by atoms with Gasteiger partial charge in [-0.25, -0.2) is 5.43 Å². The Bertz CT molecular complexity index is 1350. The molecule has 1 aromatic carbocycles. The Kier molecular flexibility index (Phi) is 19.3. The van der Waals surface area contributed by atoms with Crippen LogP contribution in [0, 0.1) is 17.8 Å². The van der Waals surface area contributed by atoms with Gasteiger partial charge in [-0.05, 0) is 56.4 Å². The van der Waals surface area contributed by atoms with E-state index in [0.717, 1.165) is 18.3 Å². The van der Waals surface area contributed by atoms with Crippen LogP contribution in [0.4, 0.5) is 0 Å². The number of amides is 2. The second-order valence-electron chi connectivity index (χ2n) is 13.5. The van der Waals surface area contributed by atoms with Crippen LogP contribution in [0.2, 0.25) is 0 Å². The average Bonchev–Trinajstić information content (AvgIpc) is 3.12. The molecule has 8 atom stereocenters. The number of nitrogens with one attached hydrogen (secondary N) is 3. The Balaban J connectivity index is 2.12. The highest BCUT2D eigenvalue weighted by atomic mass is 16.5. The molecule has 282 valence electrons. The molecule has 1 fully saturated rings. The van der Waals surface area contributed by atoms with Crippen molar-refractivity contribution in [2.24, 2.45) is 17.8 Å². The minimum Gasteiger partial charge on any atom is -0.456 e. The second kappa shape index (κ2) is 22.8. The molecule has 2 amide bonds. The molecule has 51 heavy (non-hydrogen) atoms. The summed E-state index contributed by atoms with van der Waals surface area (Å²) in [7, 11) is 1.70. The first kappa shape index (κ1) is 43.2. The van der Waals surface area contributed by atoms with E-state index in [-0.39, 0.29) is 30.6 Å². The third kappa shape index (κ3) is 13.9. The number of hydrazine groups is 1. The summed E-state index contributed by atoms with van der Waals surface area (Å²) in [5, 5.41) is 28.3. The first-order valence-corrected chi connectivity index (χ1v) is 17.9. The molecule has 0 aliphatic carbocycles. The molecule has 1 heterocycles. The first-order valence-electron chi connectivity index (χ1n) is 17.9. The van der Waals surface area contributed by atoms with Crippen LogP contribution in [0.25, 0.3) is 0 Å². The lowest BCUT2D eigenvalue weighted by Gasteiger charge is -2.36. The Hall–Kier alpha value is -3.97. The minimum atomic E-state index is -0.988. The largest absolute Gasteiger partial charge is 0.456 e. The standard InChI is InChI=1S/C39H58N4O8/c1-7-15-30(25-45)36(47)28(5)33(46)19-12-9-13-20-34(27(4)21-23-44)51-39(50)31-18-14-22-43(42-31)38(49)32(24-29-16-10-8-11-17-29)41-37(48)35(40-6)26(2)3/h8-13,16-17,19,21,23,25-26,28,30-36,40,42,46-47H,7,14-15,18,20,22,24H2,1-6H3,(H,41,48)/b13-9+,19-12+,27-21+/t28?,30-,31?,32?,33-,34-,35?,36?/m0/s1. The van der Waals surface area contributed by atoms with Crippen LogP contribution in [-0.2, 0) is 35.1 Å². The van der Waals surface area contributed by atoms with E-state index in [1.54, 1.807) is 39.1 Å². The Labute approximate surface area is 302 Å². The average molecular weight is 711 g/mol. The van der Waals surface area contributed by atoms with Gasteiger partial charge in [0.1, 0.15) is 30.8 Å². The van der Waals surface area contributed by atoms with Crippen LogP contribution in [0.5, 0.6) is 0 Å². The summed E-state index contributed by atoms with van der Waals surface area (Å²) < 4.78 is 5.85. The number of rotatable bonds is 21. The van der Waals surface area contributed by atoms with E-state index in [9.17, 15) is 34.2 Å². The van der Waals surface area contributed by atoms with Crippen molar-refractivity contribution >= 4 is 30.4 Å². The molecule has 0 saturated carbocycles. The summed E-state index contributed by atoms with van der Waals surface area (Å²) in [6, 6.07) is 7.18. The van der Waals surface area contributed by atoms with E-state index in [0.29, 0.717) is 37.7 Å². The van der Waals surface area contributed by atoms with Gasteiger partial charge in [0.25, 0.3) is 5.91 Å². The number of hydrogen-bond donors (Lipinski definition) is 5. The van der Waals surface area contributed by atoms with Crippen molar-refractivity contribution in [3.63, 3.8) is 0 Å². The SMILES string of the molecule is CCC[C@@H](C=O)C(O)C(C)[C@@H](O)/C=C/C=C/C[C@H](OC(=O)C1CCCN(C(=O)C(Cc2ccccc2)NC(=O)C(NC)C(C)C)N1)/C(C)=C/C=O. The van der Waals surface area contributed by atoms with Gasteiger partial charge in [0.15, 0.2) is 0 Å². The normalized spacial score (nSPS) is 19.6. The van der Waals surface area contributed by atoms with Gasteiger partial charge >= 0.3 is 5.97 Å². The number of aliphatic hydroxyl groups is 2. The summed E-state index contributed by atoms with van der Waals surface area (Å²) in [5.74, 6) is -2.37. The number of hydrogen-bond acceptors (Lipinski definition) is 10. The summed E-state index contributed by atoms with van der Waals surface area (Å²) in [6.45, 7) is 9.45. The van der Waals surface area contributed by atoms with Crippen molar-refractivity contribution in [3.05, 3.63) is 71.8 Å². The van der Waals surface area contributed by atoms with Crippen LogP contribution in [0.1, 0.15) is 72.3 Å². The maximum atomic E-state index is 13.9. The number of aliphatic hydroxyl groups excluding tert-OH is 2. The van der Waals surface area contributed by atoms with Crippen LogP contribution in [0.15, 0.2) is 66.3 Å². The molecule has 12 nitrogen and oxygen atoms in total. The Morgan fingerprint density at radius 3 is 2.41 bits per heavy atom. The lowest BCUT2D eigenvalue weighted by molar-refractivity contribution is -0.156. The van der Waals surface area contributed by atoms with Crippen molar-refractivity contribution in [3.8, 4) is 0 Å². The molecule has 0 spiro atoms. The third-order valence-electron chi connectivity index (χ3n) is 9.21. The Morgan fingerprint density at radius 1 is 1.10 bits per heavy atom. The predicted octanol–water partition coefficient (Wildman–Crippen LogP) is 2.99. The number of aldehydes is 2. The minimum absolute atomic E-state index is 0.00717. The number of carbonyl (C=O) groups excluding carboxylic acids is 5. The zero-order valence-electron chi connectivity index (χ0n) is 30.9. The van der Waals surface area contributed by atoms with Crippen molar-refractivity contribution in [1.29, 1.82) is 0 Å². The van der Waals surface area contributed by atoms with Crippen molar-refractivity contribution in [1.82, 2.24) is 21.1 Å². The quantitative estimate of drug-likeness (QED) is 0.0553. The molecule has 1 aliphatic rings. The van der Waals surface area contributed by atoms with Crippen molar-refractivity contribution in [2.45, 2.75) is 110 Å². The van der Waals surface area contributed by atoms with Gasteiger partial charge < -0.3 is 30.4 Å². The fourth-order valence-corrected chi connectivity index (χ4v) is 6.02. The molecule has 12 heteroatoms. The van der Waals surface area contributed by atoms with Gasteiger partial charge in [0.2, 0.25) is 5.91 Å². The third-order valence-corrected chi connectivity index (χ3v) is 9.21. The number of nitrogens with zero attached hydrogens (tertiary/aromatic N) is 1. The van der Waals surface area contributed by atoms with Gasteiger partial charge in [-0.1, -0.05) is 88.8 Å². The van der Waals surface area contributed by atoms with E-state index >= 15 is 0 Å². The summed E-state index contributed by atoms with van der Waals surface area (Å²) in [5.41, 5.74) is 4.42. The van der Waals surface area contributed by atoms with E-state index in [4.69, 9.17) is 4.74 Å². The van der Waals surface area contributed by atoms with Gasteiger partial charge in [-0.2, -0.15) is 0 Å². The molecule has 5 N–H and O–H groups in total. The van der Waals surface area contributed by atoms with E-state index in [2.05, 4.69) is 16.1 Å². The number of allylic oxidation sites excluding steroid dienone is 3. The molecule has 1 aliphatic heterocycles. The molecule has 0 bridgehead atoms. The van der Waals surface area contributed by atoms with Crippen LogP contribution in [0.3, 0.4) is 0 Å². The van der Waals surface area contributed by atoms with Gasteiger partial charge in [-0.3, -0.25) is 24.2 Å². The van der Waals surface area contributed by atoms with Gasteiger partial charge in [-0.15, -0.1) is 0 Å². The van der Waals surface area contributed by atoms with E-state index in [1.165, 1.54) is 17.2 Å². The number of carbonyl (C=O) groups is 5. The molecular weight excluding hydrogens is 652 g/mol. The zero-order chi connectivity index (χ0) is 37.9. The topological polar surface area (TPSA) is 174 Å². The lowest BCUT2D eigenvalue weighted by Crippen LogP contribution is -2.61. The van der Waals surface area contributed by atoms with E-state index < -0.39 is 54.2 Å². The zero-order valence-corrected chi connectivity index (χ0v) is 30.9. The lowest BCUT2D eigenvalue weighted by atomic mass is 9.86. The number of likely N-dealkylation sites (N-methyl/N-ethyl adjacent to an activating group) is 1. The highest BCUT2D eigenvalue weighted by Crippen LogP contribution is 2.21. The Morgan fingerprint density at radius 2 is 1.80 bits per heavy atom. The van der Waals surface area contributed by atoms with Crippen LogP contribution in [-0.4, -0.2) is 95.6 Å². The molecule has 2 rings (SSSR count). The molecule has 0 aromatic heterocycles. The number of esters is 1. The van der Waals surface area contributed by atoms with Crippen LogP contribution < -0.4 is 16.1 Å². The number of benzene rings is 1. The van der Waals surface area contributed by atoms with E-state index in [1.807, 2.05) is 51.1 Å². The maximum Gasteiger partial charge on any atom is 0.325 e. The summed E-state index contributed by atoms with van der Waals surface area (Å²) in [6.07, 6.45) is 9.16. The molecule has 1 aromatic rings. The van der Waals surface area contributed by atoms with Gasteiger partial charge in [0, 0.05) is 31.2 Å². The molecule has 0 radical (unpaired) electrons. The summed E-state index contributed by atoms with van der Waals surface area (Å²) >= 11 is 0. The van der Waals surface area contributed by atoms with Crippen LogP contribution >= 0.6 is 0 Å². The highest BCUT2D eigenvalue weighted by Gasteiger charge is 2.35. The molecule has 1 saturated heterocycles.